The lowest BCUT2D eigenvalue weighted by Crippen LogP contribution is -2.18. The SMILES string of the molecule is COCCc1nc2ccccn2c(=O)c1Br. The molecule has 0 atom stereocenters. The van der Waals surface area contributed by atoms with Crippen LogP contribution in [0.15, 0.2) is 33.7 Å². The van der Waals surface area contributed by atoms with Crippen LogP contribution in [-0.4, -0.2) is 23.1 Å². The molecule has 0 saturated heterocycles. The quantitative estimate of drug-likeness (QED) is 0.860. The fraction of sp³-hybridized carbons (Fsp3) is 0.273. The Morgan fingerprint density at radius 3 is 3.06 bits per heavy atom. The molecule has 2 aromatic rings. The zero-order chi connectivity index (χ0) is 11.5. The van der Waals surface area contributed by atoms with Crippen molar-refractivity contribution in [3.05, 3.63) is 44.9 Å². The van der Waals surface area contributed by atoms with Crippen molar-refractivity contribution in [3.63, 3.8) is 0 Å². The summed E-state index contributed by atoms with van der Waals surface area (Å²) >= 11 is 3.28. The van der Waals surface area contributed by atoms with Gasteiger partial charge in [0.1, 0.15) is 10.1 Å². The zero-order valence-corrected chi connectivity index (χ0v) is 10.4. The van der Waals surface area contributed by atoms with Gasteiger partial charge in [0.15, 0.2) is 0 Å². The van der Waals surface area contributed by atoms with E-state index in [2.05, 4.69) is 20.9 Å². The molecule has 0 unspecified atom stereocenters. The van der Waals surface area contributed by atoms with Crippen LogP contribution in [0.2, 0.25) is 0 Å². The average molecular weight is 283 g/mol. The van der Waals surface area contributed by atoms with Crippen molar-refractivity contribution in [2.45, 2.75) is 6.42 Å². The first-order valence-electron chi connectivity index (χ1n) is 4.88. The average Bonchev–Trinajstić information content (AvgIpc) is 2.32. The highest BCUT2D eigenvalue weighted by Crippen LogP contribution is 2.11. The van der Waals surface area contributed by atoms with Crippen LogP contribution in [0, 0.1) is 0 Å². The number of methoxy groups -OCH3 is 1. The standard InChI is InChI=1S/C11H11BrN2O2/c1-16-7-5-8-10(12)11(15)14-6-3-2-4-9(14)13-8/h2-4,6H,5,7H2,1H3. The van der Waals surface area contributed by atoms with Gasteiger partial charge in [0.25, 0.3) is 5.56 Å². The summed E-state index contributed by atoms with van der Waals surface area (Å²) in [6.07, 6.45) is 2.33. The second kappa shape index (κ2) is 4.76. The monoisotopic (exact) mass is 282 g/mol. The number of rotatable bonds is 3. The highest BCUT2D eigenvalue weighted by atomic mass is 79.9. The molecule has 0 aliphatic rings. The molecule has 0 aliphatic carbocycles. The number of ether oxygens (including phenoxy) is 1. The highest BCUT2D eigenvalue weighted by Gasteiger charge is 2.09. The topological polar surface area (TPSA) is 43.6 Å². The molecule has 2 heterocycles. The van der Waals surface area contributed by atoms with Gasteiger partial charge in [0, 0.05) is 19.7 Å². The number of hydrogen-bond donors (Lipinski definition) is 0. The lowest BCUT2D eigenvalue weighted by atomic mass is 10.3. The normalized spacial score (nSPS) is 10.9. The third-order valence-corrected chi connectivity index (χ3v) is 3.09. The molecule has 0 saturated carbocycles. The second-order valence-electron chi connectivity index (χ2n) is 3.35. The van der Waals surface area contributed by atoms with Crippen molar-refractivity contribution < 1.29 is 4.74 Å². The van der Waals surface area contributed by atoms with Crippen molar-refractivity contribution in [1.29, 1.82) is 0 Å². The number of nitrogens with zero attached hydrogens (tertiary/aromatic N) is 2. The molecule has 0 spiro atoms. The molecule has 2 aromatic heterocycles. The number of aromatic nitrogens is 2. The molecule has 0 bridgehead atoms. The van der Waals surface area contributed by atoms with Crippen LogP contribution in [0.3, 0.4) is 0 Å². The lowest BCUT2D eigenvalue weighted by Gasteiger charge is -2.05. The lowest BCUT2D eigenvalue weighted by molar-refractivity contribution is 0.201. The van der Waals surface area contributed by atoms with Gasteiger partial charge in [0.2, 0.25) is 0 Å². The first-order chi connectivity index (χ1) is 7.74. The van der Waals surface area contributed by atoms with E-state index >= 15 is 0 Å². The van der Waals surface area contributed by atoms with Gasteiger partial charge in [-0.3, -0.25) is 9.20 Å². The van der Waals surface area contributed by atoms with Gasteiger partial charge in [0.05, 0.1) is 12.3 Å². The molecule has 84 valence electrons. The van der Waals surface area contributed by atoms with Gasteiger partial charge in [-0.1, -0.05) is 6.07 Å². The Labute approximate surface area is 101 Å². The first kappa shape index (κ1) is 11.3. The van der Waals surface area contributed by atoms with E-state index in [1.54, 1.807) is 19.4 Å². The Bertz CT molecular complexity index is 565. The van der Waals surface area contributed by atoms with E-state index in [-0.39, 0.29) is 5.56 Å². The van der Waals surface area contributed by atoms with Gasteiger partial charge >= 0.3 is 0 Å². The Kier molecular flexibility index (Phi) is 3.36. The van der Waals surface area contributed by atoms with Gasteiger partial charge in [-0.2, -0.15) is 0 Å². The van der Waals surface area contributed by atoms with Crippen LogP contribution in [0.4, 0.5) is 0 Å². The highest BCUT2D eigenvalue weighted by molar-refractivity contribution is 9.10. The molecule has 4 nitrogen and oxygen atoms in total. The fourth-order valence-electron chi connectivity index (χ4n) is 1.48. The van der Waals surface area contributed by atoms with E-state index in [0.29, 0.717) is 23.1 Å². The summed E-state index contributed by atoms with van der Waals surface area (Å²) in [4.78, 5) is 16.4. The molecule has 5 heteroatoms. The molecule has 2 rings (SSSR count). The van der Waals surface area contributed by atoms with Gasteiger partial charge in [-0.05, 0) is 28.1 Å². The molecular weight excluding hydrogens is 272 g/mol. The largest absolute Gasteiger partial charge is 0.384 e. The van der Waals surface area contributed by atoms with Crippen LogP contribution in [0.25, 0.3) is 5.65 Å². The second-order valence-corrected chi connectivity index (χ2v) is 4.14. The van der Waals surface area contributed by atoms with E-state index in [1.165, 1.54) is 4.40 Å². The zero-order valence-electron chi connectivity index (χ0n) is 8.81. The van der Waals surface area contributed by atoms with Gasteiger partial charge in [-0.25, -0.2) is 4.98 Å². The smallest absolute Gasteiger partial charge is 0.272 e. The van der Waals surface area contributed by atoms with Crippen LogP contribution in [0.5, 0.6) is 0 Å². The van der Waals surface area contributed by atoms with Crippen LogP contribution < -0.4 is 5.56 Å². The maximum atomic E-state index is 11.9. The minimum atomic E-state index is -0.0864. The summed E-state index contributed by atoms with van der Waals surface area (Å²) in [5.41, 5.74) is 1.30. The van der Waals surface area contributed by atoms with Crippen LogP contribution >= 0.6 is 15.9 Å². The summed E-state index contributed by atoms with van der Waals surface area (Å²) < 4.78 is 7.00. The molecule has 0 amide bonds. The molecular formula is C11H11BrN2O2. The molecule has 16 heavy (non-hydrogen) atoms. The first-order valence-corrected chi connectivity index (χ1v) is 5.68. The van der Waals surface area contributed by atoms with E-state index in [9.17, 15) is 4.79 Å². The number of halogens is 1. The van der Waals surface area contributed by atoms with Crippen molar-refractivity contribution in [1.82, 2.24) is 9.38 Å². The third kappa shape index (κ3) is 2.01. The van der Waals surface area contributed by atoms with E-state index < -0.39 is 0 Å². The molecule has 0 N–H and O–H groups in total. The maximum absolute atomic E-state index is 11.9. The predicted molar refractivity (Wildman–Crippen MR) is 64.7 cm³/mol. The number of pyridine rings is 1. The van der Waals surface area contributed by atoms with E-state index in [0.717, 1.165) is 5.69 Å². The summed E-state index contributed by atoms with van der Waals surface area (Å²) in [6.45, 7) is 0.550. The summed E-state index contributed by atoms with van der Waals surface area (Å²) in [5.74, 6) is 0. The number of fused-ring (bicyclic) bond motifs is 1. The van der Waals surface area contributed by atoms with Crippen molar-refractivity contribution >= 4 is 21.6 Å². The Morgan fingerprint density at radius 2 is 2.31 bits per heavy atom. The van der Waals surface area contributed by atoms with Crippen LogP contribution in [0.1, 0.15) is 5.69 Å². The summed E-state index contributed by atoms with van der Waals surface area (Å²) in [7, 11) is 1.63. The molecule has 0 aromatic carbocycles. The van der Waals surface area contributed by atoms with Crippen molar-refractivity contribution in [2.75, 3.05) is 13.7 Å². The van der Waals surface area contributed by atoms with Gasteiger partial charge < -0.3 is 4.74 Å². The third-order valence-electron chi connectivity index (χ3n) is 2.29. The minimum Gasteiger partial charge on any atom is -0.384 e. The Hall–Kier alpha value is -1.20. The fourth-order valence-corrected chi connectivity index (χ4v) is 1.96. The van der Waals surface area contributed by atoms with Crippen molar-refractivity contribution in [2.24, 2.45) is 0 Å². The summed E-state index contributed by atoms with van der Waals surface area (Å²) in [6, 6.07) is 5.47. The number of hydrogen-bond acceptors (Lipinski definition) is 3. The Morgan fingerprint density at radius 1 is 1.50 bits per heavy atom. The van der Waals surface area contributed by atoms with Gasteiger partial charge in [-0.15, -0.1) is 0 Å². The molecule has 0 radical (unpaired) electrons. The predicted octanol–water partition coefficient (Wildman–Crippen LogP) is 1.65. The molecule has 0 fully saturated rings. The maximum Gasteiger partial charge on any atom is 0.272 e. The summed E-state index contributed by atoms with van der Waals surface area (Å²) in [5, 5.41) is 0. The van der Waals surface area contributed by atoms with E-state index in [4.69, 9.17) is 4.74 Å². The minimum absolute atomic E-state index is 0.0864. The molecule has 0 aliphatic heterocycles. The van der Waals surface area contributed by atoms with E-state index in [1.807, 2.05) is 12.1 Å². The van der Waals surface area contributed by atoms with Crippen molar-refractivity contribution in [3.8, 4) is 0 Å². The Balaban J connectivity index is 2.60. The van der Waals surface area contributed by atoms with Crippen LogP contribution in [-0.2, 0) is 11.2 Å².